The molecule has 0 aromatic carbocycles. The van der Waals surface area contributed by atoms with E-state index in [1.165, 1.54) is 5.56 Å². The zero-order valence-electron chi connectivity index (χ0n) is 9.86. The molecule has 1 heterocycles. The monoisotopic (exact) mass is 211 g/mol. The summed E-state index contributed by atoms with van der Waals surface area (Å²) in [5, 5.41) is 7.34. The van der Waals surface area contributed by atoms with Gasteiger partial charge in [0.05, 0.1) is 19.3 Å². The smallest absolute Gasteiger partial charge is 0.0662 e. The minimum atomic E-state index is 0.600. The van der Waals surface area contributed by atoms with Crippen molar-refractivity contribution in [1.29, 1.82) is 0 Å². The van der Waals surface area contributed by atoms with Crippen LogP contribution in [0.15, 0.2) is 12.4 Å². The predicted octanol–water partition coefficient (Wildman–Crippen LogP) is 1.28. The van der Waals surface area contributed by atoms with Crippen molar-refractivity contribution >= 4 is 0 Å². The van der Waals surface area contributed by atoms with Gasteiger partial charge in [0.15, 0.2) is 0 Å². The first-order valence-corrected chi connectivity index (χ1v) is 5.46. The van der Waals surface area contributed by atoms with Crippen molar-refractivity contribution in [3.05, 3.63) is 18.0 Å². The molecule has 0 saturated heterocycles. The fourth-order valence-electron chi connectivity index (χ4n) is 1.30. The summed E-state index contributed by atoms with van der Waals surface area (Å²) in [6, 6.07) is 0. The summed E-state index contributed by atoms with van der Waals surface area (Å²) in [5.74, 6) is 0.600. The van der Waals surface area contributed by atoms with Gasteiger partial charge in [-0.2, -0.15) is 5.10 Å². The highest BCUT2D eigenvalue weighted by Crippen LogP contribution is 1.97. The highest BCUT2D eigenvalue weighted by Gasteiger charge is 1.98. The van der Waals surface area contributed by atoms with Crippen molar-refractivity contribution in [2.45, 2.75) is 26.9 Å². The Morgan fingerprint density at radius 3 is 3.00 bits per heavy atom. The zero-order chi connectivity index (χ0) is 11.1. The lowest BCUT2D eigenvalue weighted by atomic mass is 10.2. The topological polar surface area (TPSA) is 39.1 Å². The van der Waals surface area contributed by atoms with Crippen LogP contribution in [0.4, 0.5) is 0 Å². The van der Waals surface area contributed by atoms with Gasteiger partial charge >= 0.3 is 0 Å². The molecule has 0 radical (unpaired) electrons. The third-order valence-electron chi connectivity index (χ3n) is 1.98. The van der Waals surface area contributed by atoms with Gasteiger partial charge in [0, 0.05) is 24.9 Å². The van der Waals surface area contributed by atoms with Gasteiger partial charge in [0.1, 0.15) is 0 Å². The first-order chi connectivity index (χ1) is 7.22. The average molecular weight is 211 g/mol. The Kier molecular flexibility index (Phi) is 5.36. The van der Waals surface area contributed by atoms with Gasteiger partial charge in [-0.1, -0.05) is 13.8 Å². The number of nitrogens with zero attached hydrogens (tertiary/aromatic N) is 2. The minimum absolute atomic E-state index is 0.600. The molecule has 0 fully saturated rings. The van der Waals surface area contributed by atoms with Crippen molar-refractivity contribution < 1.29 is 4.74 Å². The number of ether oxygens (including phenoxy) is 1. The second-order valence-electron chi connectivity index (χ2n) is 4.11. The van der Waals surface area contributed by atoms with Gasteiger partial charge < -0.3 is 10.1 Å². The third kappa shape index (κ3) is 4.95. The van der Waals surface area contributed by atoms with E-state index in [0.717, 1.165) is 26.3 Å². The van der Waals surface area contributed by atoms with Crippen LogP contribution in [0.5, 0.6) is 0 Å². The molecular formula is C11H21N3O. The molecule has 15 heavy (non-hydrogen) atoms. The van der Waals surface area contributed by atoms with Crippen LogP contribution < -0.4 is 5.32 Å². The standard InChI is InChI=1S/C11H21N3O/c1-10(2)9-15-5-4-14-8-11(6-12-3)7-13-14/h7-8,10,12H,4-6,9H2,1-3H3. The molecule has 1 N–H and O–H groups in total. The Morgan fingerprint density at radius 2 is 2.33 bits per heavy atom. The number of hydrogen-bond acceptors (Lipinski definition) is 3. The highest BCUT2D eigenvalue weighted by molar-refractivity contribution is 5.02. The normalized spacial score (nSPS) is 11.2. The Labute approximate surface area is 91.6 Å². The molecule has 0 aliphatic carbocycles. The first kappa shape index (κ1) is 12.2. The molecule has 0 amide bonds. The first-order valence-electron chi connectivity index (χ1n) is 5.46. The largest absolute Gasteiger partial charge is 0.379 e. The summed E-state index contributed by atoms with van der Waals surface area (Å²) in [5.41, 5.74) is 1.21. The Hall–Kier alpha value is -0.870. The van der Waals surface area contributed by atoms with E-state index in [2.05, 4.69) is 30.5 Å². The predicted molar refractivity (Wildman–Crippen MR) is 60.6 cm³/mol. The van der Waals surface area contributed by atoms with Crippen molar-refractivity contribution in [1.82, 2.24) is 15.1 Å². The molecule has 4 heteroatoms. The van der Waals surface area contributed by atoms with Crippen LogP contribution in [-0.4, -0.2) is 30.0 Å². The van der Waals surface area contributed by atoms with E-state index in [4.69, 9.17) is 4.74 Å². The molecular weight excluding hydrogens is 190 g/mol. The Bertz CT molecular complexity index is 271. The van der Waals surface area contributed by atoms with Crippen molar-refractivity contribution in [2.75, 3.05) is 20.3 Å². The molecule has 0 atom stereocenters. The van der Waals surface area contributed by atoms with Crippen LogP contribution in [0.1, 0.15) is 19.4 Å². The third-order valence-corrected chi connectivity index (χ3v) is 1.98. The Balaban J connectivity index is 2.19. The molecule has 0 saturated carbocycles. The maximum Gasteiger partial charge on any atom is 0.0662 e. The zero-order valence-corrected chi connectivity index (χ0v) is 9.86. The average Bonchev–Trinajstić information content (AvgIpc) is 2.61. The van der Waals surface area contributed by atoms with Gasteiger partial charge in [-0.25, -0.2) is 0 Å². The summed E-state index contributed by atoms with van der Waals surface area (Å²) >= 11 is 0. The fourth-order valence-corrected chi connectivity index (χ4v) is 1.30. The molecule has 1 aromatic rings. The summed E-state index contributed by atoms with van der Waals surface area (Å²) in [6.45, 7) is 7.56. The minimum Gasteiger partial charge on any atom is -0.379 e. The molecule has 1 rings (SSSR count). The summed E-state index contributed by atoms with van der Waals surface area (Å²) in [4.78, 5) is 0. The second-order valence-corrected chi connectivity index (χ2v) is 4.11. The molecule has 0 unspecified atom stereocenters. The van der Waals surface area contributed by atoms with E-state index in [1.54, 1.807) is 0 Å². The fraction of sp³-hybridized carbons (Fsp3) is 0.727. The van der Waals surface area contributed by atoms with E-state index >= 15 is 0 Å². The SMILES string of the molecule is CNCc1cnn(CCOCC(C)C)c1. The number of hydrogen-bond donors (Lipinski definition) is 1. The van der Waals surface area contributed by atoms with Crippen LogP contribution in [0.25, 0.3) is 0 Å². The highest BCUT2D eigenvalue weighted by atomic mass is 16.5. The summed E-state index contributed by atoms with van der Waals surface area (Å²) < 4.78 is 7.42. The van der Waals surface area contributed by atoms with Crippen LogP contribution in [0.3, 0.4) is 0 Å². The van der Waals surface area contributed by atoms with Crippen LogP contribution in [0.2, 0.25) is 0 Å². The van der Waals surface area contributed by atoms with Gasteiger partial charge in [-0.3, -0.25) is 4.68 Å². The summed E-state index contributed by atoms with van der Waals surface area (Å²) in [7, 11) is 1.93. The van der Waals surface area contributed by atoms with Gasteiger partial charge in [-0.05, 0) is 13.0 Å². The van der Waals surface area contributed by atoms with Crippen LogP contribution >= 0.6 is 0 Å². The molecule has 0 bridgehead atoms. The van der Waals surface area contributed by atoms with Crippen LogP contribution in [-0.2, 0) is 17.8 Å². The molecule has 1 aromatic heterocycles. The van der Waals surface area contributed by atoms with Crippen molar-refractivity contribution in [3.63, 3.8) is 0 Å². The molecule has 0 aliphatic heterocycles. The van der Waals surface area contributed by atoms with Crippen molar-refractivity contribution in [3.8, 4) is 0 Å². The second kappa shape index (κ2) is 6.58. The lowest BCUT2D eigenvalue weighted by molar-refractivity contribution is 0.101. The molecule has 0 aliphatic rings. The van der Waals surface area contributed by atoms with Gasteiger partial charge in [0.25, 0.3) is 0 Å². The summed E-state index contributed by atoms with van der Waals surface area (Å²) in [6.07, 6.45) is 3.94. The molecule has 4 nitrogen and oxygen atoms in total. The molecule has 86 valence electrons. The van der Waals surface area contributed by atoms with Gasteiger partial charge in [-0.15, -0.1) is 0 Å². The van der Waals surface area contributed by atoms with E-state index in [9.17, 15) is 0 Å². The quantitative estimate of drug-likeness (QED) is 0.690. The number of nitrogens with one attached hydrogen (secondary N) is 1. The Morgan fingerprint density at radius 1 is 1.53 bits per heavy atom. The number of aromatic nitrogens is 2. The van der Waals surface area contributed by atoms with E-state index in [-0.39, 0.29) is 0 Å². The van der Waals surface area contributed by atoms with Crippen LogP contribution in [0, 0.1) is 5.92 Å². The maximum absolute atomic E-state index is 5.49. The maximum atomic E-state index is 5.49. The lowest BCUT2D eigenvalue weighted by Crippen LogP contribution is -2.09. The lowest BCUT2D eigenvalue weighted by Gasteiger charge is -2.06. The van der Waals surface area contributed by atoms with E-state index in [1.807, 2.05) is 17.9 Å². The van der Waals surface area contributed by atoms with E-state index < -0.39 is 0 Å². The van der Waals surface area contributed by atoms with E-state index in [0.29, 0.717) is 5.92 Å². The molecule has 0 spiro atoms. The van der Waals surface area contributed by atoms with Gasteiger partial charge in [0.2, 0.25) is 0 Å². The number of rotatable bonds is 7. The van der Waals surface area contributed by atoms with Crippen molar-refractivity contribution in [2.24, 2.45) is 5.92 Å².